The monoisotopic (exact) mass is 913 g/mol. The summed E-state index contributed by atoms with van der Waals surface area (Å²) >= 11 is 0. The van der Waals surface area contributed by atoms with Crippen LogP contribution in [0.3, 0.4) is 0 Å². The number of esters is 1. The van der Waals surface area contributed by atoms with E-state index >= 15 is 0 Å². The number of aliphatic hydroxyl groups excluding tert-OH is 7. The van der Waals surface area contributed by atoms with Crippen LogP contribution in [0, 0.1) is 0 Å². The third-order valence-corrected chi connectivity index (χ3v) is 11.6. The highest BCUT2D eigenvalue weighted by atomic mass is 16.7. The van der Waals surface area contributed by atoms with E-state index in [-0.39, 0.29) is 19.6 Å². The number of carbonyl (C=O) groups excluding carboxylic acids is 1. The van der Waals surface area contributed by atoms with Crippen LogP contribution in [0.2, 0.25) is 0 Å². The van der Waals surface area contributed by atoms with Crippen molar-refractivity contribution in [2.24, 2.45) is 0 Å². The molecule has 64 heavy (non-hydrogen) atoms. The molecule has 2 aliphatic rings. The normalized spacial score (nSPS) is 27.1. The first-order chi connectivity index (χ1) is 31.1. The predicted octanol–water partition coefficient (Wildman–Crippen LogP) is 6.79. The van der Waals surface area contributed by atoms with Gasteiger partial charge in [0.25, 0.3) is 0 Å². The molecule has 0 amide bonds. The Labute approximate surface area is 384 Å². The molecule has 0 aromatic rings. The highest BCUT2D eigenvalue weighted by Crippen LogP contribution is 2.26. The first-order valence-corrected chi connectivity index (χ1v) is 24.7. The molecule has 7 N–H and O–H groups in total. The second kappa shape index (κ2) is 38.0. The van der Waals surface area contributed by atoms with Gasteiger partial charge in [-0.05, 0) is 51.4 Å². The van der Waals surface area contributed by atoms with Gasteiger partial charge in [0.15, 0.2) is 12.6 Å². The van der Waals surface area contributed by atoms with Crippen LogP contribution in [0.4, 0.5) is 0 Å². The van der Waals surface area contributed by atoms with E-state index in [1.807, 2.05) is 0 Å². The van der Waals surface area contributed by atoms with E-state index in [1.165, 1.54) is 70.6 Å². The second-order valence-corrected chi connectivity index (χ2v) is 17.3. The van der Waals surface area contributed by atoms with Gasteiger partial charge < -0.3 is 64.2 Å². The van der Waals surface area contributed by atoms with Crippen LogP contribution >= 0.6 is 0 Å². The van der Waals surface area contributed by atoms with Gasteiger partial charge in [0.1, 0.15) is 54.9 Å². The Morgan fingerprint density at radius 3 is 1.58 bits per heavy atom. The molecule has 0 saturated carbocycles. The molecule has 2 aliphatic heterocycles. The highest BCUT2D eigenvalue weighted by Gasteiger charge is 2.47. The zero-order valence-corrected chi connectivity index (χ0v) is 39.3. The summed E-state index contributed by atoms with van der Waals surface area (Å²) in [4.78, 5) is 12.7. The summed E-state index contributed by atoms with van der Waals surface area (Å²) in [5.41, 5.74) is 0. The van der Waals surface area contributed by atoms with Gasteiger partial charge in [0.05, 0.1) is 26.4 Å². The van der Waals surface area contributed by atoms with Crippen LogP contribution in [0.5, 0.6) is 0 Å². The predicted molar refractivity (Wildman–Crippen MR) is 247 cm³/mol. The summed E-state index contributed by atoms with van der Waals surface area (Å²) in [6, 6.07) is 0. The average Bonchev–Trinajstić information content (AvgIpc) is 3.29. The van der Waals surface area contributed by atoms with Crippen molar-refractivity contribution in [3.05, 3.63) is 48.6 Å². The number of aliphatic hydroxyl groups is 7. The molecule has 0 bridgehead atoms. The van der Waals surface area contributed by atoms with E-state index < -0.39 is 86.7 Å². The molecule has 2 heterocycles. The third-order valence-electron chi connectivity index (χ3n) is 11.6. The number of allylic oxidation sites excluding steroid dienone is 8. The number of hydrogen-bond acceptors (Lipinski definition) is 14. The molecule has 0 aromatic carbocycles. The molecule has 14 nitrogen and oxygen atoms in total. The fraction of sp³-hybridized carbons (Fsp3) is 0.820. The van der Waals surface area contributed by atoms with Crippen LogP contribution in [0.25, 0.3) is 0 Å². The van der Waals surface area contributed by atoms with Crippen LogP contribution in [0.1, 0.15) is 162 Å². The molecule has 2 rings (SSSR count). The molecule has 0 spiro atoms. The van der Waals surface area contributed by atoms with Crippen LogP contribution in [0.15, 0.2) is 48.6 Å². The lowest BCUT2D eigenvalue weighted by Crippen LogP contribution is -2.61. The zero-order valence-electron chi connectivity index (χ0n) is 39.3. The lowest BCUT2D eigenvalue weighted by molar-refractivity contribution is -0.332. The molecular formula is C50H88O14. The number of unbranched alkanes of at least 4 members (excludes halogenated alkanes) is 16. The van der Waals surface area contributed by atoms with E-state index in [4.69, 9.17) is 28.4 Å². The highest BCUT2D eigenvalue weighted by molar-refractivity contribution is 5.69. The van der Waals surface area contributed by atoms with Gasteiger partial charge in [-0.15, -0.1) is 0 Å². The van der Waals surface area contributed by atoms with Gasteiger partial charge in [-0.1, -0.05) is 152 Å². The molecule has 11 atom stereocenters. The Morgan fingerprint density at radius 1 is 0.531 bits per heavy atom. The molecule has 14 heteroatoms. The van der Waals surface area contributed by atoms with Crippen molar-refractivity contribution in [1.29, 1.82) is 0 Å². The summed E-state index contributed by atoms with van der Waals surface area (Å²) in [7, 11) is 0. The van der Waals surface area contributed by atoms with Gasteiger partial charge in [-0.25, -0.2) is 0 Å². The van der Waals surface area contributed by atoms with Crippen LogP contribution in [-0.2, 0) is 33.2 Å². The summed E-state index contributed by atoms with van der Waals surface area (Å²) < 4.78 is 34.0. The molecule has 2 saturated heterocycles. The maximum absolute atomic E-state index is 12.7. The van der Waals surface area contributed by atoms with Crippen molar-refractivity contribution in [1.82, 2.24) is 0 Å². The molecular weight excluding hydrogens is 825 g/mol. The number of ether oxygens (including phenoxy) is 6. The van der Waals surface area contributed by atoms with Gasteiger partial charge in [-0.2, -0.15) is 0 Å². The van der Waals surface area contributed by atoms with E-state index in [0.717, 1.165) is 64.2 Å². The van der Waals surface area contributed by atoms with E-state index in [1.54, 1.807) is 0 Å². The molecule has 2 fully saturated rings. The van der Waals surface area contributed by atoms with Crippen molar-refractivity contribution in [2.75, 3.05) is 33.0 Å². The minimum absolute atomic E-state index is 0.0592. The van der Waals surface area contributed by atoms with E-state index in [9.17, 15) is 40.5 Å². The van der Waals surface area contributed by atoms with Gasteiger partial charge in [0.2, 0.25) is 0 Å². The zero-order chi connectivity index (χ0) is 46.6. The largest absolute Gasteiger partial charge is 0.457 e. The minimum Gasteiger partial charge on any atom is -0.457 e. The Bertz CT molecular complexity index is 1240. The molecule has 11 unspecified atom stereocenters. The van der Waals surface area contributed by atoms with Crippen molar-refractivity contribution in [3.8, 4) is 0 Å². The summed E-state index contributed by atoms with van der Waals surface area (Å²) in [6.07, 6.45) is 27.0. The fourth-order valence-electron chi connectivity index (χ4n) is 7.57. The molecule has 0 aliphatic carbocycles. The van der Waals surface area contributed by atoms with Crippen molar-refractivity contribution >= 4 is 5.97 Å². The topological polar surface area (TPSA) is 214 Å². The van der Waals surface area contributed by atoms with Gasteiger partial charge >= 0.3 is 5.97 Å². The Morgan fingerprint density at radius 2 is 1.02 bits per heavy atom. The average molecular weight is 913 g/mol. The summed E-state index contributed by atoms with van der Waals surface area (Å²) in [5, 5.41) is 71.7. The standard InChI is InChI=1S/C50H88O14/c1-3-5-7-9-10-11-12-13-14-15-16-17-18-19-20-21-22-23-24-25-26-27-28-29-30-32-34-59-36-39(62-42(52)33-31-8-6-4-2)37-60-49-48(58)46(56)44(54)41(64-49)38-61-50-47(57)45(55)43(53)40(35-51)63-50/h5,7,10-11,13-14,16-17,39-41,43-51,53-58H,3-4,6,8-9,12,15,18-38H2,1-2H3/b7-5-,11-10-,14-13-,17-16-. The van der Waals surface area contributed by atoms with Gasteiger partial charge in [0, 0.05) is 13.0 Å². The number of carbonyl (C=O) groups is 1. The first kappa shape index (κ1) is 58.1. The first-order valence-electron chi connectivity index (χ1n) is 24.7. The minimum atomic E-state index is -1.70. The van der Waals surface area contributed by atoms with Crippen molar-refractivity contribution in [3.63, 3.8) is 0 Å². The van der Waals surface area contributed by atoms with Crippen molar-refractivity contribution in [2.45, 2.75) is 229 Å². The summed E-state index contributed by atoms with van der Waals surface area (Å²) in [5.74, 6) is -0.395. The van der Waals surface area contributed by atoms with Crippen molar-refractivity contribution < 1.29 is 69.0 Å². The molecule has 0 radical (unpaired) electrons. The number of hydrogen-bond donors (Lipinski definition) is 7. The molecule has 0 aromatic heterocycles. The fourth-order valence-corrected chi connectivity index (χ4v) is 7.57. The van der Waals surface area contributed by atoms with E-state index in [2.05, 4.69) is 62.5 Å². The third kappa shape index (κ3) is 25.7. The Balaban J connectivity index is 1.60. The quantitative estimate of drug-likeness (QED) is 0.0193. The maximum atomic E-state index is 12.7. The summed E-state index contributed by atoms with van der Waals surface area (Å²) in [6.45, 7) is 3.43. The smallest absolute Gasteiger partial charge is 0.306 e. The Kier molecular flexibility index (Phi) is 34.5. The maximum Gasteiger partial charge on any atom is 0.306 e. The molecule has 372 valence electrons. The Hall–Kier alpha value is -2.05. The van der Waals surface area contributed by atoms with Gasteiger partial charge in [-0.3, -0.25) is 4.79 Å². The van der Waals surface area contributed by atoms with E-state index in [0.29, 0.717) is 13.0 Å². The second-order valence-electron chi connectivity index (χ2n) is 17.3. The lowest BCUT2D eigenvalue weighted by Gasteiger charge is -2.42. The van der Waals surface area contributed by atoms with Crippen LogP contribution < -0.4 is 0 Å². The lowest BCUT2D eigenvalue weighted by atomic mass is 9.98. The van der Waals surface area contributed by atoms with Crippen LogP contribution in [-0.4, -0.2) is 142 Å². The SMILES string of the molecule is CC/C=C\C/C=C\C/C=C\C/C=C\CCCCCCCCCCCCCCCOCC(COC1OC(COC2OC(CO)C(O)C(O)C2O)C(O)C(O)C1O)OC(=O)CCCCCC. The number of rotatable bonds is 38.